The van der Waals surface area contributed by atoms with E-state index in [-0.39, 0.29) is 37.5 Å². The molecule has 0 aromatic heterocycles. The Kier molecular flexibility index (Phi) is 50.8. The molecule has 0 aliphatic rings. The van der Waals surface area contributed by atoms with Crippen LogP contribution in [0.3, 0.4) is 0 Å². The zero-order valence-electron chi connectivity index (χ0n) is 42.6. The summed E-state index contributed by atoms with van der Waals surface area (Å²) < 4.78 is 16.8. The van der Waals surface area contributed by atoms with Gasteiger partial charge in [0.25, 0.3) is 0 Å². The molecule has 6 heteroatoms. The van der Waals surface area contributed by atoms with Crippen molar-refractivity contribution in [1.82, 2.24) is 0 Å². The first-order valence-corrected chi connectivity index (χ1v) is 27.7. The first-order chi connectivity index (χ1) is 31.5. The number of carbonyl (C=O) groups is 3. The Balaban J connectivity index is 4.42. The third-order valence-electron chi connectivity index (χ3n) is 12.1. The van der Waals surface area contributed by atoms with Gasteiger partial charge in [-0.3, -0.25) is 14.4 Å². The zero-order valence-corrected chi connectivity index (χ0v) is 42.6. The van der Waals surface area contributed by atoms with Crippen LogP contribution in [0.5, 0.6) is 0 Å². The van der Waals surface area contributed by atoms with E-state index < -0.39 is 6.10 Å². The lowest BCUT2D eigenvalue weighted by Crippen LogP contribution is -2.30. The van der Waals surface area contributed by atoms with Gasteiger partial charge in [0.1, 0.15) is 13.2 Å². The molecule has 0 aliphatic heterocycles. The largest absolute Gasteiger partial charge is 0.462 e. The van der Waals surface area contributed by atoms with Gasteiger partial charge in [-0.1, -0.05) is 249 Å². The van der Waals surface area contributed by atoms with Gasteiger partial charge in [0.15, 0.2) is 6.10 Å². The molecule has 0 heterocycles. The molecular weight excluding hydrogens is 793 g/mol. The molecule has 1 atom stereocenters. The number of unbranched alkanes of at least 4 members (excludes halogenated alkanes) is 32. The van der Waals surface area contributed by atoms with E-state index in [2.05, 4.69) is 63.3 Å². The fourth-order valence-electron chi connectivity index (χ4n) is 7.90. The van der Waals surface area contributed by atoms with Crippen molar-refractivity contribution in [2.24, 2.45) is 0 Å². The van der Waals surface area contributed by atoms with E-state index in [0.29, 0.717) is 19.3 Å². The summed E-state index contributed by atoms with van der Waals surface area (Å²) in [4.78, 5) is 38.0. The van der Waals surface area contributed by atoms with Crippen molar-refractivity contribution < 1.29 is 28.6 Å². The Morgan fingerprint density at radius 2 is 0.641 bits per heavy atom. The first kappa shape index (κ1) is 61.4. The maximum Gasteiger partial charge on any atom is 0.306 e. The van der Waals surface area contributed by atoms with Crippen LogP contribution in [0.4, 0.5) is 0 Å². The summed E-state index contributed by atoms with van der Waals surface area (Å²) in [5, 5.41) is 0. The molecule has 0 rings (SSSR count). The topological polar surface area (TPSA) is 78.9 Å². The number of rotatable bonds is 50. The molecule has 0 amide bonds. The summed E-state index contributed by atoms with van der Waals surface area (Å²) in [6.07, 6.45) is 63.9. The van der Waals surface area contributed by atoms with Crippen LogP contribution in [-0.2, 0) is 28.6 Å². The van der Waals surface area contributed by atoms with Crippen LogP contribution in [0, 0.1) is 0 Å². The van der Waals surface area contributed by atoms with Gasteiger partial charge in [-0.15, -0.1) is 0 Å². The quantitative estimate of drug-likeness (QED) is 0.0199. The second kappa shape index (κ2) is 53.0. The van der Waals surface area contributed by atoms with E-state index in [4.69, 9.17) is 14.2 Å². The Morgan fingerprint density at radius 1 is 0.328 bits per heavy atom. The number of esters is 3. The second-order valence-corrected chi connectivity index (χ2v) is 18.5. The van der Waals surface area contributed by atoms with Gasteiger partial charge >= 0.3 is 17.9 Å². The van der Waals surface area contributed by atoms with E-state index in [0.717, 1.165) is 70.6 Å². The molecule has 6 nitrogen and oxygen atoms in total. The van der Waals surface area contributed by atoms with Crippen LogP contribution in [-0.4, -0.2) is 37.2 Å². The maximum absolute atomic E-state index is 12.8. The fourth-order valence-corrected chi connectivity index (χ4v) is 7.90. The van der Waals surface area contributed by atoms with Crippen LogP contribution in [0.1, 0.15) is 284 Å². The molecule has 0 saturated heterocycles. The minimum atomic E-state index is -0.799. The van der Waals surface area contributed by atoms with Crippen LogP contribution in [0.15, 0.2) is 48.6 Å². The Hall–Kier alpha value is -2.63. The summed E-state index contributed by atoms with van der Waals surface area (Å²) >= 11 is 0. The van der Waals surface area contributed by atoms with Gasteiger partial charge in [0.05, 0.1) is 0 Å². The summed E-state index contributed by atoms with van der Waals surface area (Å²) in [5.74, 6) is -0.968. The lowest BCUT2D eigenvalue weighted by atomic mass is 10.0. The highest BCUT2D eigenvalue weighted by atomic mass is 16.6. The summed E-state index contributed by atoms with van der Waals surface area (Å²) in [7, 11) is 0. The first-order valence-electron chi connectivity index (χ1n) is 27.7. The van der Waals surface area contributed by atoms with Crippen molar-refractivity contribution in [3.05, 3.63) is 48.6 Å². The van der Waals surface area contributed by atoms with Crippen molar-refractivity contribution in [1.29, 1.82) is 0 Å². The van der Waals surface area contributed by atoms with Gasteiger partial charge in [0, 0.05) is 19.3 Å². The van der Waals surface area contributed by atoms with Gasteiger partial charge in [-0.2, -0.15) is 0 Å². The molecule has 0 saturated carbocycles. The molecule has 0 fully saturated rings. The minimum absolute atomic E-state index is 0.0957. The van der Waals surface area contributed by atoms with Crippen LogP contribution < -0.4 is 0 Å². The van der Waals surface area contributed by atoms with Crippen molar-refractivity contribution in [2.75, 3.05) is 13.2 Å². The predicted molar refractivity (Wildman–Crippen MR) is 275 cm³/mol. The van der Waals surface area contributed by atoms with Gasteiger partial charge < -0.3 is 14.2 Å². The van der Waals surface area contributed by atoms with Crippen molar-refractivity contribution >= 4 is 17.9 Å². The zero-order chi connectivity index (χ0) is 46.5. The third kappa shape index (κ3) is 50.4. The smallest absolute Gasteiger partial charge is 0.306 e. The lowest BCUT2D eigenvalue weighted by molar-refractivity contribution is -0.166. The predicted octanol–water partition coefficient (Wildman–Crippen LogP) is 18.3. The summed E-state index contributed by atoms with van der Waals surface area (Å²) in [5.41, 5.74) is 0. The number of allylic oxidation sites excluding steroid dienone is 8. The highest BCUT2D eigenvalue weighted by molar-refractivity contribution is 5.71. The molecule has 0 bridgehead atoms. The highest BCUT2D eigenvalue weighted by Gasteiger charge is 2.19. The van der Waals surface area contributed by atoms with Crippen molar-refractivity contribution in [3.63, 3.8) is 0 Å². The molecular formula is C58H104O6. The molecule has 64 heavy (non-hydrogen) atoms. The molecule has 0 aromatic rings. The minimum Gasteiger partial charge on any atom is -0.462 e. The molecule has 0 aliphatic carbocycles. The van der Waals surface area contributed by atoms with Crippen molar-refractivity contribution in [3.8, 4) is 0 Å². The average Bonchev–Trinajstić information content (AvgIpc) is 3.29. The van der Waals surface area contributed by atoms with Gasteiger partial charge in [-0.05, 0) is 64.2 Å². The Labute approximate surface area is 397 Å². The Bertz CT molecular complexity index is 1120. The molecule has 0 radical (unpaired) electrons. The molecule has 0 spiro atoms. The van der Waals surface area contributed by atoms with E-state index in [1.165, 1.54) is 167 Å². The molecule has 0 aromatic carbocycles. The molecule has 372 valence electrons. The normalized spacial score (nSPS) is 12.4. The second-order valence-electron chi connectivity index (χ2n) is 18.5. The van der Waals surface area contributed by atoms with Crippen LogP contribution >= 0.6 is 0 Å². The van der Waals surface area contributed by atoms with E-state index in [1.807, 2.05) is 6.08 Å². The number of ether oxygens (including phenoxy) is 3. The molecule has 0 N–H and O–H groups in total. The number of carbonyl (C=O) groups excluding carboxylic acids is 3. The summed E-state index contributed by atoms with van der Waals surface area (Å²) in [6.45, 7) is 6.59. The van der Waals surface area contributed by atoms with Gasteiger partial charge in [-0.25, -0.2) is 0 Å². The SMILES string of the molecule is CCCCCCCC/C=C\C/C=C\CCC(=O)OCC(COC(=O)CCCCCCC/C=C\C=C/CCCCCCCCC)OC(=O)CCCCCCCCCCCCCCCCC. The summed E-state index contributed by atoms with van der Waals surface area (Å²) in [6, 6.07) is 0. The maximum atomic E-state index is 12.8. The average molecular weight is 897 g/mol. The lowest BCUT2D eigenvalue weighted by Gasteiger charge is -2.18. The Morgan fingerprint density at radius 3 is 1.05 bits per heavy atom. The van der Waals surface area contributed by atoms with Crippen LogP contribution in [0.25, 0.3) is 0 Å². The van der Waals surface area contributed by atoms with Crippen LogP contribution in [0.2, 0.25) is 0 Å². The van der Waals surface area contributed by atoms with E-state index in [1.54, 1.807) is 0 Å². The number of hydrogen-bond acceptors (Lipinski definition) is 6. The third-order valence-corrected chi connectivity index (χ3v) is 12.1. The molecule has 1 unspecified atom stereocenters. The van der Waals surface area contributed by atoms with Crippen molar-refractivity contribution in [2.45, 2.75) is 290 Å². The fraction of sp³-hybridized carbons (Fsp3) is 0.810. The van der Waals surface area contributed by atoms with E-state index >= 15 is 0 Å². The highest BCUT2D eigenvalue weighted by Crippen LogP contribution is 2.15. The standard InChI is InChI=1S/C58H104O6/c1-4-7-10-13-16-19-22-25-27-28-29-31-33-36-39-42-45-48-51-57(60)63-54-55(53-62-56(59)50-47-44-41-38-35-32-24-21-18-15-12-9-6-3)64-58(61)52-49-46-43-40-37-34-30-26-23-20-17-14-11-8-5-2/h27-29,31-32,35,41,44,55H,4-26,30,33-34,36-40,42-43,45-54H2,1-3H3/b28-27-,31-29-,35-32-,44-41-. The monoisotopic (exact) mass is 897 g/mol. The number of hydrogen-bond donors (Lipinski definition) is 0. The van der Waals surface area contributed by atoms with E-state index in [9.17, 15) is 14.4 Å². The van der Waals surface area contributed by atoms with Gasteiger partial charge in [0.2, 0.25) is 0 Å².